The van der Waals surface area contributed by atoms with Gasteiger partial charge in [-0.1, -0.05) is 27.2 Å². The molecule has 2 unspecified atom stereocenters. The maximum Gasteiger partial charge on any atom is 0.0393 e. The summed E-state index contributed by atoms with van der Waals surface area (Å²) in [5.41, 5.74) is 0. The first-order valence-corrected chi connectivity index (χ1v) is 5.42. The highest BCUT2D eigenvalue weighted by Crippen LogP contribution is 2.27. The SMILES string of the molecule is CCC(C)CC(C)CC(C)(C)Cl. The monoisotopic (exact) mass is 190 g/mol. The second-order valence-electron chi connectivity index (χ2n) is 4.78. The minimum atomic E-state index is -0.0210. The van der Waals surface area contributed by atoms with Crippen molar-refractivity contribution in [2.45, 2.75) is 58.8 Å². The Balaban J connectivity index is 3.66. The fourth-order valence-corrected chi connectivity index (χ4v) is 2.03. The molecule has 0 fully saturated rings. The van der Waals surface area contributed by atoms with E-state index in [1.165, 1.54) is 12.8 Å². The van der Waals surface area contributed by atoms with Crippen LogP contribution in [0.5, 0.6) is 0 Å². The predicted molar refractivity (Wildman–Crippen MR) is 57.8 cm³/mol. The van der Waals surface area contributed by atoms with E-state index in [2.05, 4.69) is 34.6 Å². The van der Waals surface area contributed by atoms with Crippen LogP contribution in [0.4, 0.5) is 0 Å². The third-order valence-corrected chi connectivity index (χ3v) is 2.49. The molecule has 0 aliphatic carbocycles. The van der Waals surface area contributed by atoms with Gasteiger partial charge in [-0.25, -0.2) is 0 Å². The molecule has 0 aromatic heterocycles. The molecule has 0 bridgehead atoms. The van der Waals surface area contributed by atoms with Crippen LogP contribution < -0.4 is 0 Å². The van der Waals surface area contributed by atoms with Crippen molar-refractivity contribution in [2.75, 3.05) is 0 Å². The van der Waals surface area contributed by atoms with Crippen LogP contribution in [0.1, 0.15) is 53.9 Å². The average molecular weight is 191 g/mol. The highest BCUT2D eigenvalue weighted by atomic mass is 35.5. The third kappa shape index (κ3) is 6.97. The van der Waals surface area contributed by atoms with Gasteiger partial charge >= 0.3 is 0 Å². The zero-order chi connectivity index (χ0) is 9.78. The first kappa shape index (κ1) is 12.3. The number of halogens is 1. The number of alkyl halides is 1. The summed E-state index contributed by atoms with van der Waals surface area (Å²) in [5, 5.41) is 0. The average Bonchev–Trinajstić information content (AvgIpc) is 1.82. The number of hydrogen-bond donors (Lipinski definition) is 0. The molecule has 12 heavy (non-hydrogen) atoms. The van der Waals surface area contributed by atoms with Gasteiger partial charge in [-0.3, -0.25) is 0 Å². The minimum absolute atomic E-state index is 0.0210. The van der Waals surface area contributed by atoms with Crippen LogP contribution >= 0.6 is 11.6 Å². The van der Waals surface area contributed by atoms with Gasteiger partial charge in [0, 0.05) is 4.87 Å². The Morgan fingerprint density at radius 1 is 1.17 bits per heavy atom. The van der Waals surface area contributed by atoms with Gasteiger partial charge < -0.3 is 0 Å². The zero-order valence-electron chi connectivity index (χ0n) is 9.15. The molecule has 0 aromatic carbocycles. The molecule has 1 heteroatoms. The molecule has 0 heterocycles. The van der Waals surface area contributed by atoms with E-state index < -0.39 is 0 Å². The van der Waals surface area contributed by atoms with E-state index in [9.17, 15) is 0 Å². The van der Waals surface area contributed by atoms with Crippen molar-refractivity contribution in [3.8, 4) is 0 Å². The van der Waals surface area contributed by atoms with E-state index in [4.69, 9.17) is 11.6 Å². The molecular formula is C11H23Cl. The van der Waals surface area contributed by atoms with Crippen LogP contribution in [0.3, 0.4) is 0 Å². The summed E-state index contributed by atoms with van der Waals surface area (Å²) in [6, 6.07) is 0. The molecule has 0 aliphatic rings. The van der Waals surface area contributed by atoms with Crippen molar-refractivity contribution < 1.29 is 0 Å². The molecule has 0 radical (unpaired) electrons. The van der Waals surface area contributed by atoms with E-state index in [1.54, 1.807) is 0 Å². The maximum atomic E-state index is 6.15. The Labute approximate surface area is 82.7 Å². The van der Waals surface area contributed by atoms with Crippen molar-refractivity contribution in [1.29, 1.82) is 0 Å². The Bertz CT molecular complexity index is 113. The Morgan fingerprint density at radius 2 is 1.67 bits per heavy atom. The van der Waals surface area contributed by atoms with Crippen LogP contribution in [0.15, 0.2) is 0 Å². The van der Waals surface area contributed by atoms with Crippen LogP contribution in [0, 0.1) is 11.8 Å². The maximum absolute atomic E-state index is 6.15. The lowest BCUT2D eigenvalue weighted by Crippen LogP contribution is -2.16. The third-order valence-electron chi connectivity index (χ3n) is 2.34. The lowest BCUT2D eigenvalue weighted by Gasteiger charge is -2.23. The number of rotatable bonds is 5. The molecule has 0 aliphatic heterocycles. The molecule has 0 aromatic rings. The van der Waals surface area contributed by atoms with Crippen molar-refractivity contribution in [2.24, 2.45) is 11.8 Å². The van der Waals surface area contributed by atoms with Gasteiger partial charge in [0.25, 0.3) is 0 Å². The summed E-state index contributed by atoms with van der Waals surface area (Å²) in [5.74, 6) is 1.60. The second-order valence-corrected chi connectivity index (χ2v) is 5.80. The fourth-order valence-electron chi connectivity index (χ4n) is 1.77. The summed E-state index contributed by atoms with van der Waals surface area (Å²) >= 11 is 6.15. The molecule has 2 atom stereocenters. The van der Waals surface area contributed by atoms with Crippen LogP contribution in [0.2, 0.25) is 0 Å². The van der Waals surface area contributed by atoms with E-state index in [0.717, 1.165) is 18.3 Å². The van der Waals surface area contributed by atoms with Gasteiger partial charge in [0.05, 0.1) is 0 Å². The van der Waals surface area contributed by atoms with Gasteiger partial charge in [0.1, 0.15) is 0 Å². The lowest BCUT2D eigenvalue weighted by molar-refractivity contribution is 0.360. The topological polar surface area (TPSA) is 0 Å². The molecule has 0 nitrogen and oxygen atoms in total. The van der Waals surface area contributed by atoms with Crippen molar-refractivity contribution in [1.82, 2.24) is 0 Å². The molecular weight excluding hydrogens is 168 g/mol. The van der Waals surface area contributed by atoms with Crippen LogP contribution in [-0.4, -0.2) is 4.87 Å². The van der Waals surface area contributed by atoms with E-state index in [0.29, 0.717) is 0 Å². The number of hydrogen-bond acceptors (Lipinski definition) is 0. The van der Waals surface area contributed by atoms with Gasteiger partial charge in [-0.2, -0.15) is 0 Å². The normalized spacial score (nSPS) is 17.5. The zero-order valence-corrected chi connectivity index (χ0v) is 9.91. The molecule has 0 N–H and O–H groups in total. The Kier molecular flexibility index (Phi) is 5.24. The highest BCUT2D eigenvalue weighted by Gasteiger charge is 2.18. The quantitative estimate of drug-likeness (QED) is 0.562. The standard InChI is InChI=1S/C11H23Cl/c1-6-9(2)7-10(3)8-11(4,5)12/h9-10H,6-8H2,1-5H3. The molecule has 74 valence electrons. The summed E-state index contributed by atoms with van der Waals surface area (Å²) in [6.45, 7) is 11.1. The largest absolute Gasteiger partial charge is 0.120 e. The van der Waals surface area contributed by atoms with Gasteiger partial charge in [-0.05, 0) is 38.5 Å². The fraction of sp³-hybridized carbons (Fsp3) is 1.00. The first-order chi connectivity index (χ1) is 5.35. The lowest BCUT2D eigenvalue weighted by atomic mass is 9.89. The molecule has 0 spiro atoms. The second kappa shape index (κ2) is 5.11. The highest BCUT2D eigenvalue weighted by molar-refractivity contribution is 6.23. The van der Waals surface area contributed by atoms with Gasteiger partial charge in [0.2, 0.25) is 0 Å². The minimum Gasteiger partial charge on any atom is -0.120 e. The molecule has 0 saturated heterocycles. The molecule has 0 rings (SSSR count). The summed E-state index contributed by atoms with van der Waals surface area (Å²) < 4.78 is 0. The van der Waals surface area contributed by atoms with E-state index in [-0.39, 0.29) is 4.87 Å². The summed E-state index contributed by atoms with van der Waals surface area (Å²) in [4.78, 5) is -0.0210. The van der Waals surface area contributed by atoms with Crippen molar-refractivity contribution >= 4 is 11.6 Å². The molecule has 0 amide bonds. The van der Waals surface area contributed by atoms with Gasteiger partial charge in [-0.15, -0.1) is 11.6 Å². The molecule has 0 saturated carbocycles. The van der Waals surface area contributed by atoms with E-state index in [1.807, 2.05) is 0 Å². The Morgan fingerprint density at radius 3 is 2.00 bits per heavy atom. The summed E-state index contributed by atoms with van der Waals surface area (Å²) in [7, 11) is 0. The predicted octanol–water partition coefficient (Wildman–Crippen LogP) is 4.47. The Hall–Kier alpha value is 0.290. The van der Waals surface area contributed by atoms with Crippen molar-refractivity contribution in [3.05, 3.63) is 0 Å². The van der Waals surface area contributed by atoms with Crippen molar-refractivity contribution in [3.63, 3.8) is 0 Å². The smallest absolute Gasteiger partial charge is 0.0393 e. The summed E-state index contributed by atoms with van der Waals surface area (Å²) in [6.07, 6.45) is 3.72. The van der Waals surface area contributed by atoms with Gasteiger partial charge in [0.15, 0.2) is 0 Å². The van der Waals surface area contributed by atoms with Crippen LogP contribution in [-0.2, 0) is 0 Å². The van der Waals surface area contributed by atoms with Crippen LogP contribution in [0.25, 0.3) is 0 Å². The van der Waals surface area contributed by atoms with E-state index >= 15 is 0 Å². The first-order valence-electron chi connectivity index (χ1n) is 5.04.